The molecule has 0 bridgehead atoms. The monoisotopic (exact) mass is 331 g/mol. The highest BCUT2D eigenvalue weighted by Gasteiger charge is 2.55. The molecule has 0 aromatic heterocycles. The van der Waals surface area contributed by atoms with E-state index in [1.165, 1.54) is 0 Å². The molecule has 0 saturated carbocycles. The molecule has 1 aromatic rings. The number of ether oxygens (including phenoxy) is 2. The minimum absolute atomic E-state index is 0.528. The number of rotatable bonds is 7. The van der Waals surface area contributed by atoms with Crippen molar-refractivity contribution >= 4 is 12.1 Å². The maximum atomic E-state index is 12.0. The highest BCUT2D eigenvalue weighted by atomic mass is 16.6. The Morgan fingerprint density at radius 3 is 2.21 bits per heavy atom. The predicted molar refractivity (Wildman–Crippen MR) is 93.4 cm³/mol. The molecule has 0 fully saturated rings. The zero-order valence-electron chi connectivity index (χ0n) is 14.7. The summed E-state index contributed by atoms with van der Waals surface area (Å²) in [5.74, 6) is -0.637. The molecular weight excluding hydrogens is 306 g/mol. The third-order valence-corrected chi connectivity index (χ3v) is 4.35. The van der Waals surface area contributed by atoms with Crippen LogP contribution in [0.1, 0.15) is 33.3 Å². The largest absolute Gasteiger partial charge is 0.446 e. The highest BCUT2D eigenvalue weighted by molar-refractivity contribution is 5.82. The number of esters is 1. The summed E-state index contributed by atoms with van der Waals surface area (Å²) in [6, 6.07) is 9.48. The van der Waals surface area contributed by atoms with Gasteiger partial charge in [-0.15, -0.1) is 0 Å². The van der Waals surface area contributed by atoms with Crippen LogP contribution in [0, 0.1) is 0 Å². The van der Waals surface area contributed by atoms with Gasteiger partial charge < -0.3 is 15.2 Å². The van der Waals surface area contributed by atoms with Crippen LogP contribution < -0.4 is 5.73 Å². The Bertz CT molecular complexity index is 636. The van der Waals surface area contributed by atoms with Crippen LogP contribution in [-0.2, 0) is 19.7 Å². The van der Waals surface area contributed by atoms with Crippen molar-refractivity contribution in [2.24, 2.45) is 5.73 Å². The van der Waals surface area contributed by atoms with E-state index in [0.29, 0.717) is 5.57 Å². The van der Waals surface area contributed by atoms with Gasteiger partial charge >= 0.3 is 12.1 Å². The van der Waals surface area contributed by atoms with E-state index in [2.05, 4.69) is 13.2 Å². The van der Waals surface area contributed by atoms with Crippen LogP contribution in [0.3, 0.4) is 0 Å². The maximum absolute atomic E-state index is 12.0. The molecule has 0 aliphatic carbocycles. The minimum Gasteiger partial charge on any atom is -0.446 e. The first-order chi connectivity index (χ1) is 11.1. The summed E-state index contributed by atoms with van der Waals surface area (Å²) in [6.45, 7) is 14.6. The Kier molecular flexibility index (Phi) is 5.96. The van der Waals surface area contributed by atoms with Gasteiger partial charge in [-0.1, -0.05) is 57.3 Å². The van der Waals surface area contributed by atoms with Gasteiger partial charge in [0.2, 0.25) is 0 Å². The van der Waals surface area contributed by atoms with E-state index in [-0.39, 0.29) is 0 Å². The second-order valence-corrected chi connectivity index (χ2v) is 6.21. The van der Waals surface area contributed by atoms with Crippen molar-refractivity contribution in [1.82, 2.24) is 0 Å². The average molecular weight is 331 g/mol. The highest BCUT2D eigenvalue weighted by Crippen LogP contribution is 2.45. The van der Waals surface area contributed by atoms with E-state index in [1.54, 1.807) is 13.8 Å². The summed E-state index contributed by atoms with van der Waals surface area (Å²) in [6.07, 6.45) is -0.742. The molecule has 0 aliphatic rings. The van der Waals surface area contributed by atoms with Crippen LogP contribution in [0.25, 0.3) is 0 Å². The molecule has 5 nitrogen and oxygen atoms in total. The molecule has 0 heterocycles. The van der Waals surface area contributed by atoms with Crippen LogP contribution in [0.5, 0.6) is 0 Å². The molecule has 1 rings (SSSR count). The second kappa shape index (κ2) is 7.34. The summed E-state index contributed by atoms with van der Waals surface area (Å²) >= 11 is 0. The first kappa shape index (κ1) is 19.5. The molecule has 0 radical (unpaired) electrons. The molecule has 1 amide bonds. The number of nitrogens with two attached hydrogens (primary N) is 1. The van der Waals surface area contributed by atoms with Gasteiger partial charge in [0, 0.05) is 11.5 Å². The molecule has 0 saturated heterocycles. The Balaban J connectivity index is 3.60. The van der Waals surface area contributed by atoms with Crippen molar-refractivity contribution in [1.29, 1.82) is 0 Å². The van der Waals surface area contributed by atoms with E-state index in [4.69, 9.17) is 15.2 Å². The van der Waals surface area contributed by atoms with Gasteiger partial charge in [-0.3, -0.25) is 0 Å². The quantitative estimate of drug-likeness (QED) is 0.471. The summed E-state index contributed by atoms with van der Waals surface area (Å²) < 4.78 is 10.9. The molecule has 130 valence electrons. The van der Waals surface area contributed by atoms with Gasteiger partial charge in [-0.2, -0.15) is 0 Å². The van der Waals surface area contributed by atoms with Gasteiger partial charge in [-0.25, -0.2) is 9.59 Å². The standard InChI is InChI=1S/C19H25NO4/c1-7-16(21)24-19(13(2)3,14(4)23-17(20)22)18(5,6)15-11-9-8-10-12-15/h7-12,14H,1-2H2,3-6H3,(H2,20,22). The lowest BCUT2D eigenvalue weighted by Gasteiger charge is -2.49. The zero-order chi connectivity index (χ0) is 18.5. The Labute approximate surface area is 143 Å². The predicted octanol–water partition coefficient (Wildman–Crippen LogP) is 3.49. The molecule has 2 N–H and O–H groups in total. The topological polar surface area (TPSA) is 78.6 Å². The van der Waals surface area contributed by atoms with Crippen molar-refractivity contribution in [3.05, 3.63) is 60.7 Å². The minimum atomic E-state index is -1.32. The maximum Gasteiger partial charge on any atom is 0.404 e. The first-order valence-corrected chi connectivity index (χ1v) is 7.62. The van der Waals surface area contributed by atoms with E-state index >= 15 is 0 Å². The van der Waals surface area contributed by atoms with Crippen LogP contribution in [0.2, 0.25) is 0 Å². The number of primary amides is 1. The smallest absolute Gasteiger partial charge is 0.404 e. The van der Waals surface area contributed by atoms with Gasteiger partial charge in [0.25, 0.3) is 0 Å². The van der Waals surface area contributed by atoms with Gasteiger partial charge in [0.15, 0.2) is 5.60 Å². The van der Waals surface area contributed by atoms with E-state index in [1.807, 2.05) is 44.2 Å². The Hall–Kier alpha value is -2.56. The average Bonchev–Trinajstić information content (AvgIpc) is 2.51. The van der Waals surface area contributed by atoms with Gasteiger partial charge in [0.05, 0.1) is 0 Å². The molecule has 2 atom stereocenters. The van der Waals surface area contributed by atoms with Crippen molar-refractivity contribution in [3.8, 4) is 0 Å². The van der Waals surface area contributed by atoms with Crippen molar-refractivity contribution in [2.45, 2.75) is 44.8 Å². The Morgan fingerprint density at radius 1 is 1.25 bits per heavy atom. The van der Waals surface area contributed by atoms with Crippen LogP contribution in [0.15, 0.2) is 55.1 Å². The third-order valence-electron chi connectivity index (χ3n) is 4.35. The number of carbonyl (C=O) groups is 2. The molecule has 0 spiro atoms. The van der Waals surface area contributed by atoms with E-state index < -0.39 is 29.2 Å². The van der Waals surface area contributed by atoms with E-state index in [0.717, 1.165) is 11.6 Å². The summed E-state index contributed by atoms with van der Waals surface area (Å²) in [5.41, 5.74) is 4.52. The first-order valence-electron chi connectivity index (χ1n) is 7.62. The number of hydrogen-bond donors (Lipinski definition) is 1. The van der Waals surface area contributed by atoms with Crippen LogP contribution >= 0.6 is 0 Å². The third kappa shape index (κ3) is 3.50. The molecule has 1 aromatic carbocycles. The lowest BCUT2D eigenvalue weighted by atomic mass is 9.64. The van der Waals surface area contributed by atoms with E-state index in [9.17, 15) is 9.59 Å². The number of amides is 1. The van der Waals surface area contributed by atoms with Crippen molar-refractivity contribution in [3.63, 3.8) is 0 Å². The Morgan fingerprint density at radius 2 is 1.79 bits per heavy atom. The molecule has 5 heteroatoms. The lowest BCUT2D eigenvalue weighted by Crippen LogP contribution is -2.60. The SMILES string of the molecule is C=CC(=O)OC(C(=C)C)(C(C)OC(N)=O)C(C)(C)c1ccccc1. The normalized spacial score (nSPS) is 14.8. The zero-order valence-corrected chi connectivity index (χ0v) is 14.7. The number of carbonyl (C=O) groups excluding carboxylic acids is 2. The van der Waals surface area contributed by atoms with Gasteiger partial charge in [0.1, 0.15) is 6.10 Å². The van der Waals surface area contributed by atoms with Crippen LogP contribution in [0.4, 0.5) is 4.79 Å². The number of benzene rings is 1. The number of hydrogen-bond acceptors (Lipinski definition) is 4. The lowest BCUT2D eigenvalue weighted by molar-refractivity contribution is -0.170. The van der Waals surface area contributed by atoms with Crippen LogP contribution in [-0.4, -0.2) is 23.8 Å². The summed E-state index contributed by atoms with van der Waals surface area (Å²) in [5, 5.41) is 0. The fourth-order valence-corrected chi connectivity index (χ4v) is 3.21. The summed E-state index contributed by atoms with van der Waals surface area (Å²) in [7, 11) is 0. The fourth-order valence-electron chi connectivity index (χ4n) is 3.21. The van der Waals surface area contributed by atoms with Crippen molar-refractivity contribution < 1.29 is 19.1 Å². The summed E-state index contributed by atoms with van der Waals surface area (Å²) in [4.78, 5) is 23.4. The van der Waals surface area contributed by atoms with Gasteiger partial charge in [-0.05, 0) is 25.0 Å². The second-order valence-electron chi connectivity index (χ2n) is 6.21. The molecule has 24 heavy (non-hydrogen) atoms. The fraction of sp³-hybridized carbons (Fsp3) is 0.368. The molecular formula is C19H25NO4. The molecule has 2 unspecified atom stereocenters. The molecule has 0 aliphatic heterocycles. The van der Waals surface area contributed by atoms with Crippen molar-refractivity contribution in [2.75, 3.05) is 0 Å².